The number of rotatable bonds is 4. The summed E-state index contributed by atoms with van der Waals surface area (Å²) in [6, 6.07) is 8.67. The van der Waals surface area contributed by atoms with E-state index in [0.717, 1.165) is 17.6 Å². The van der Waals surface area contributed by atoms with Gasteiger partial charge in [-0.3, -0.25) is 0 Å². The lowest BCUT2D eigenvalue weighted by Gasteiger charge is -2.21. The molecule has 2 heteroatoms. The van der Waals surface area contributed by atoms with Crippen molar-refractivity contribution in [1.29, 1.82) is 0 Å². The third kappa shape index (κ3) is 2.03. The fourth-order valence-corrected chi connectivity index (χ4v) is 3.50. The minimum atomic E-state index is 0.209. The van der Waals surface area contributed by atoms with Gasteiger partial charge in [0.15, 0.2) is 0 Å². The minimum Gasteiger partial charge on any atom is -0.490 e. The quantitative estimate of drug-likeness (QED) is 0.880. The Morgan fingerprint density at radius 3 is 2.61 bits per heavy atom. The van der Waals surface area contributed by atoms with E-state index >= 15 is 0 Å². The predicted molar refractivity (Wildman–Crippen MR) is 71.3 cm³/mol. The molecule has 4 rings (SSSR count). The largest absolute Gasteiger partial charge is 0.490 e. The van der Waals surface area contributed by atoms with E-state index in [-0.39, 0.29) is 6.04 Å². The predicted octanol–water partition coefficient (Wildman–Crippen LogP) is 3.27. The normalized spacial score (nSPS) is 35.1. The average Bonchev–Trinajstić information content (AvgIpc) is 3.30. The zero-order chi connectivity index (χ0) is 12.1. The Balaban J connectivity index is 1.48. The second-order valence-corrected chi connectivity index (χ2v) is 6.40. The number of hydrogen-bond donors (Lipinski definition) is 1. The molecular formula is C16H21NO. The van der Waals surface area contributed by atoms with E-state index in [2.05, 4.69) is 24.3 Å². The second kappa shape index (κ2) is 3.99. The molecule has 3 unspecified atom stereocenters. The first-order valence-electron chi connectivity index (χ1n) is 7.32. The van der Waals surface area contributed by atoms with Crippen molar-refractivity contribution in [3.63, 3.8) is 0 Å². The number of fused-ring (bicyclic) bond motifs is 1. The van der Waals surface area contributed by atoms with Crippen LogP contribution in [0.5, 0.6) is 5.75 Å². The molecule has 0 bridgehead atoms. The fraction of sp³-hybridized carbons (Fsp3) is 0.625. The lowest BCUT2D eigenvalue weighted by Crippen LogP contribution is -2.20. The Morgan fingerprint density at radius 1 is 1.11 bits per heavy atom. The molecule has 0 heterocycles. The number of nitrogens with two attached hydrogens (primary N) is 1. The average molecular weight is 243 g/mol. The summed E-state index contributed by atoms with van der Waals surface area (Å²) >= 11 is 0. The van der Waals surface area contributed by atoms with E-state index in [0.29, 0.717) is 12.0 Å². The van der Waals surface area contributed by atoms with Gasteiger partial charge in [0.05, 0.1) is 6.10 Å². The van der Waals surface area contributed by atoms with Gasteiger partial charge in [-0.25, -0.2) is 0 Å². The van der Waals surface area contributed by atoms with Gasteiger partial charge in [0.25, 0.3) is 0 Å². The first-order valence-corrected chi connectivity index (χ1v) is 7.32. The minimum absolute atomic E-state index is 0.209. The van der Waals surface area contributed by atoms with E-state index in [9.17, 15) is 0 Å². The SMILES string of the molecule is NC(c1cccc(OC2CC2)c1)C1CC2CC2C1. The molecular weight excluding hydrogens is 222 g/mol. The molecule has 0 amide bonds. The zero-order valence-corrected chi connectivity index (χ0v) is 10.7. The molecule has 0 aliphatic heterocycles. The van der Waals surface area contributed by atoms with E-state index in [4.69, 9.17) is 10.5 Å². The highest BCUT2D eigenvalue weighted by Gasteiger charge is 2.47. The molecule has 2 nitrogen and oxygen atoms in total. The van der Waals surface area contributed by atoms with Gasteiger partial charge in [0, 0.05) is 6.04 Å². The number of benzene rings is 1. The van der Waals surface area contributed by atoms with Crippen LogP contribution in [0.25, 0.3) is 0 Å². The highest BCUT2D eigenvalue weighted by atomic mass is 16.5. The zero-order valence-electron chi connectivity index (χ0n) is 10.7. The van der Waals surface area contributed by atoms with Crippen LogP contribution < -0.4 is 10.5 Å². The van der Waals surface area contributed by atoms with Gasteiger partial charge in [-0.2, -0.15) is 0 Å². The summed E-state index contributed by atoms with van der Waals surface area (Å²) < 4.78 is 5.85. The van der Waals surface area contributed by atoms with Crippen LogP contribution in [-0.4, -0.2) is 6.10 Å². The Kier molecular flexibility index (Phi) is 2.41. The Bertz CT molecular complexity index is 444. The van der Waals surface area contributed by atoms with Crippen molar-refractivity contribution in [1.82, 2.24) is 0 Å². The first kappa shape index (κ1) is 10.9. The molecule has 3 aliphatic rings. The van der Waals surface area contributed by atoms with E-state index in [1.165, 1.54) is 37.7 Å². The second-order valence-electron chi connectivity index (χ2n) is 6.40. The van der Waals surface area contributed by atoms with Crippen LogP contribution in [0.3, 0.4) is 0 Å². The molecule has 0 aromatic heterocycles. The highest BCUT2D eigenvalue weighted by molar-refractivity contribution is 5.31. The topological polar surface area (TPSA) is 35.2 Å². The van der Waals surface area contributed by atoms with Gasteiger partial charge in [0.2, 0.25) is 0 Å². The first-order chi connectivity index (χ1) is 8.79. The summed E-state index contributed by atoms with van der Waals surface area (Å²) in [7, 11) is 0. The van der Waals surface area contributed by atoms with Gasteiger partial charge in [-0.15, -0.1) is 0 Å². The Morgan fingerprint density at radius 2 is 1.89 bits per heavy atom. The highest BCUT2D eigenvalue weighted by Crippen LogP contribution is 2.56. The third-order valence-corrected chi connectivity index (χ3v) is 4.86. The molecule has 3 saturated carbocycles. The molecule has 3 atom stereocenters. The lowest BCUT2D eigenvalue weighted by molar-refractivity contribution is 0.302. The maximum atomic E-state index is 6.44. The molecule has 2 N–H and O–H groups in total. The molecule has 3 fully saturated rings. The number of ether oxygens (including phenoxy) is 1. The molecule has 1 aromatic carbocycles. The summed E-state index contributed by atoms with van der Waals surface area (Å²) in [5.74, 6) is 3.72. The maximum Gasteiger partial charge on any atom is 0.120 e. The van der Waals surface area contributed by atoms with Crippen LogP contribution in [0.1, 0.15) is 43.7 Å². The van der Waals surface area contributed by atoms with Gasteiger partial charge in [-0.1, -0.05) is 12.1 Å². The van der Waals surface area contributed by atoms with Crippen molar-refractivity contribution in [3.05, 3.63) is 29.8 Å². The van der Waals surface area contributed by atoms with Crippen molar-refractivity contribution in [2.75, 3.05) is 0 Å². The summed E-state index contributed by atoms with van der Waals surface area (Å²) in [6.45, 7) is 0. The number of hydrogen-bond acceptors (Lipinski definition) is 2. The van der Waals surface area contributed by atoms with Gasteiger partial charge in [0.1, 0.15) is 5.75 Å². The maximum absolute atomic E-state index is 6.44. The van der Waals surface area contributed by atoms with Crippen LogP contribution >= 0.6 is 0 Å². The third-order valence-electron chi connectivity index (χ3n) is 4.86. The molecule has 1 aromatic rings. The lowest BCUT2D eigenvalue weighted by atomic mass is 9.90. The van der Waals surface area contributed by atoms with Crippen molar-refractivity contribution < 1.29 is 4.74 Å². The molecule has 18 heavy (non-hydrogen) atoms. The molecule has 0 spiro atoms. The standard InChI is InChI=1S/C16H21NO/c17-16(13-7-11-6-12(11)8-13)10-2-1-3-15(9-10)18-14-4-5-14/h1-3,9,11-14,16H,4-8,17H2. The monoisotopic (exact) mass is 243 g/mol. The van der Waals surface area contributed by atoms with Crippen LogP contribution in [0.4, 0.5) is 0 Å². The van der Waals surface area contributed by atoms with Crippen LogP contribution in [0.2, 0.25) is 0 Å². The van der Waals surface area contributed by atoms with Crippen molar-refractivity contribution in [3.8, 4) is 5.75 Å². The van der Waals surface area contributed by atoms with E-state index in [1.54, 1.807) is 0 Å². The van der Waals surface area contributed by atoms with Crippen molar-refractivity contribution in [2.45, 2.75) is 44.2 Å². The Hall–Kier alpha value is -1.02. The van der Waals surface area contributed by atoms with Gasteiger partial charge < -0.3 is 10.5 Å². The van der Waals surface area contributed by atoms with Crippen molar-refractivity contribution >= 4 is 0 Å². The summed E-state index contributed by atoms with van der Waals surface area (Å²) in [4.78, 5) is 0. The van der Waals surface area contributed by atoms with Crippen LogP contribution in [0, 0.1) is 17.8 Å². The smallest absolute Gasteiger partial charge is 0.120 e. The molecule has 96 valence electrons. The fourth-order valence-electron chi connectivity index (χ4n) is 3.50. The van der Waals surface area contributed by atoms with Crippen molar-refractivity contribution in [2.24, 2.45) is 23.5 Å². The van der Waals surface area contributed by atoms with E-state index in [1.807, 2.05) is 0 Å². The molecule has 3 aliphatic carbocycles. The summed E-state index contributed by atoms with van der Waals surface area (Å²) in [5.41, 5.74) is 7.71. The summed E-state index contributed by atoms with van der Waals surface area (Å²) in [5, 5.41) is 0. The summed E-state index contributed by atoms with van der Waals surface area (Å²) in [6.07, 6.45) is 7.05. The van der Waals surface area contributed by atoms with E-state index < -0.39 is 0 Å². The van der Waals surface area contributed by atoms with Gasteiger partial charge >= 0.3 is 0 Å². The Labute approximate surface area is 109 Å². The molecule has 0 saturated heterocycles. The molecule has 0 radical (unpaired) electrons. The van der Waals surface area contributed by atoms with Gasteiger partial charge in [-0.05, 0) is 67.6 Å². The van der Waals surface area contributed by atoms with Crippen LogP contribution in [0.15, 0.2) is 24.3 Å². The van der Waals surface area contributed by atoms with Crippen LogP contribution in [-0.2, 0) is 0 Å².